The van der Waals surface area contributed by atoms with Crippen molar-refractivity contribution in [3.63, 3.8) is 0 Å². The van der Waals surface area contributed by atoms with Gasteiger partial charge in [-0.25, -0.2) is 4.79 Å². The van der Waals surface area contributed by atoms with Crippen LogP contribution < -0.4 is 5.32 Å². The van der Waals surface area contributed by atoms with E-state index in [0.717, 1.165) is 6.42 Å². The summed E-state index contributed by atoms with van der Waals surface area (Å²) in [5.74, 6) is -1.03. The number of nitrogens with zero attached hydrogens (tertiary/aromatic N) is 3. The topological polar surface area (TPSA) is 73.0 Å². The molecule has 2 aliphatic rings. The molecule has 0 bridgehead atoms. The lowest BCUT2D eigenvalue weighted by Gasteiger charge is -2.45. The quantitative estimate of drug-likeness (QED) is 0.709. The number of Topliss-reactive ketones (excluding diaryl/α,β-unsaturated/α-hetero) is 1. The molecular weight excluding hydrogens is 389 g/mol. The Morgan fingerprint density at radius 3 is 2.55 bits per heavy atom. The Kier molecular flexibility index (Phi) is 8.04. The van der Waals surface area contributed by atoms with Crippen molar-refractivity contribution in [3.8, 4) is 0 Å². The molecule has 3 atom stereocenters. The average Bonchev–Trinajstić information content (AvgIpc) is 2.59. The first kappa shape index (κ1) is 23.6. The zero-order valence-electron chi connectivity index (χ0n) is 17.3. The molecule has 1 heterocycles. The minimum atomic E-state index is -4.47. The first-order valence-corrected chi connectivity index (χ1v) is 10.0. The summed E-state index contributed by atoms with van der Waals surface area (Å²) in [5.41, 5.74) is 0. The Morgan fingerprint density at radius 1 is 1.24 bits per heavy atom. The van der Waals surface area contributed by atoms with Crippen LogP contribution in [0.25, 0.3) is 0 Å². The Labute approximate surface area is 169 Å². The predicted molar refractivity (Wildman–Crippen MR) is 101 cm³/mol. The number of imide groups is 1. The summed E-state index contributed by atoms with van der Waals surface area (Å²) in [6.07, 6.45) is -3.64. The molecule has 1 aliphatic heterocycles. The largest absolute Gasteiger partial charge is 0.390 e. The number of amides is 3. The van der Waals surface area contributed by atoms with E-state index in [1.54, 1.807) is 14.1 Å². The summed E-state index contributed by atoms with van der Waals surface area (Å²) in [6.45, 7) is 0.404. The van der Waals surface area contributed by atoms with Crippen LogP contribution in [0.4, 0.5) is 18.0 Å². The number of rotatable bonds is 6. The summed E-state index contributed by atoms with van der Waals surface area (Å²) in [4.78, 5) is 41.9. The second-order valence-electron chi connectivity index (χ2n) is 8.37. The number of hydrogen-bond donors (Lipinski definition) is 1. The van der Waals surface area contributed by atoms with Gasteiger partial charge in [0.1, 0.15) is 5.78 Å². The fraction of sp³-hybridized carbons (Fsp3) is 0.842. The summed E-state index contributed by atoms with van der Waals surface area (Å²) in [5, 5.41) is 2.53. The highest BCUT2D eigenvalue weighted by atomic mass is 19.4. The molecular formula is C19H31F3N4O3. The van der Waals surface area contributed by atoms with Crippen LogP contribution in [0.15, 0.2) is 0 Å². The van der Waals surface area contributed by atoms with Crippen LogP contribution in [-0.2, 0) is 9.59 Å². The van der Waals surface area contributed by atoms with Crippen molar-refractivity contribution < 1.29 is 27.6 Å². The van der Waals surface area contributed by atoms with Gasteiger partial charge in [-0.1, -0.05) is 0 Å². The normalized spacial score (nSPS) is 25.6. The van der Waals surface area contributed by atoms with E-state index in [-0.39, 0.29) is 24.3 Å². The molecule has 0 radical (unpaired) electrons. The lowest BCUT2D eigenvalue weighted by atomic mass is 9.74. The number of likely N-dealkylation sites (N-methyl/N-ethyl adjacent to an activating group) is 1. The number of urea groups is 1. The number of likely N-dealkylation sites (tertiary alicyclic amines) is 1. The lowest BCUT2D eigenvalue weighted by molar-refractivity contribution is -0.147. The minimum Gasteiger partial charge on any atom is -0.336 e. The van der Waals surface area contributed by atoms with Gasteiger partial charge in [0.25, 0.3) is 0 Å². The van der Waals surface area contributed by atoms with Crippen molar-refractivity contribution in [1.29, 1.82) is 0 Å². The van der Waals surface area contributed by atoms with Crippen molar-refractivity contribution in [1.82, 2.24) is 20.0 Å². The summed E-state index contributed by atoms with van der Waals surface area (Å²) in [6, 6.07) is -0.597. The Morgan fingerprint density at radius 2 is 1.93 bits per heavy atom. The number of ketones is 1. The minimum absolute atomic E-state index is 0.00483. The predicted octanol–water partition coefficient (Wildman–Crippen LogP) is 1.73. The smallest absolute Gasteiger partial charge is 0.336 e. The van der Waals surface area contributed by atoms with Crippen molar-refractivity contribution in [2.24, 2.45) is 11.8 Å². The van der Waals surface area contributed by atoms with Gasteiger partial charge in [0.2, 0.25) is 5.91 Å². The molecule has 1 aliphatic carbocycles. The molecule has 0 aromatic rings. The highest BCUT2D eigenvalue weighted by Crippen LogP contribution is 2.36. The average molecular weight is 420 g/mol. The molecule has 3 amide bonds. The SMILES string of the molecule is CN(C)CCNC(=O)N(CCC(F)(F)F)C(=O)[C@@H]1C[C@@H]2CC(=O)CC[C@H]2N(C)C1. The van der Waals surface area contributed by atoms with E-state index in [4.69, 9.17) is 0 Å². The van der Waals surface area contributed by atoms with Gasteiger partial charge >= 0.3 is 12.2 Å². The van der Waals surface area contributed by atoms with Crippen molar-refractivity contribution in [2.45, 2.75) is 44.3 Å². The molecule has 7 nitrogen and oxygen atoms in total. The van der Waals surface area contributed by atoms with Gasteiger partial charge in [0.05, 0.1) is 12.3 Å². The molecule has 10 heteroatoms. The van der Waals surface area contributed by atoms with E-state index in [1.807, 2.05) is 16.8 Å². The number of piperidine rings is 1. The molecule has 1 saturated heterocycles. The van der Waals surface area contributed by atoms with E-state index >= 15 is 0 Å². The second-order valence-corrected chi connectivity index (χ2v) is 8.37. The van der Waals surface area contributed by atoms with E-state index in [0.29, 0.717) is 37.3 Å². The molecule has 2 fully saturated rings. The zero-order valence-corrected chi connectivity index (χ0v) is 17.3. The third-order valence-electron chi connectivity index (χ3n) is 5.73. The molecule has 0 aromatic heterocycles. The van der Waals surface area contributed by atoms with Gasteiger partial charge in [0, 0.05) is 45.1 Å². The van der Waals surface area contributed by atoms with Crippen LogP contribution in [0.2, 0.25) is 0 Å². The first-order chi connectivity index (χ1) is 13.5. The Bertz CT molecular complexity index is 612. The van der Waals surface area contributed by atoms with Gasteiger partial charge in [-0.05, 0) is 39.9 Å². The van der Waals surface area contributed by atoms with Gasteiger partial charge < -0.3 is 15.1 Å². The molecule has 1 saturated carbocycles. The van der Waals surface area contributed by atoms with Gasteiger partial charge in [-0.2, -0.15) is 13.2 Å². The summed E-state index contributed by atoms with van der Waals surface area (Å²) < 4.78 is 38.2. The number of hydrogen-bond acceptors (Lipinski definition) is 5. The molecule has 29 heavy (non-hydrogen) atoms. The number of alkyl halides is 3. The Balaban J connectivity index is 2.08. The van der Waals surface area contributed by atoms with Crippen LogP contribution >= 0.6 is 0 Å². The first-order valence-electron chi connectivity index (χ1n) is 10.0. The highest BCUT2D eigenvalue weighted by Gasteiger charge is 2.42. The van der Waals surface area contributed by atoms with Crippen LogP contribution in [0, 0.1) is 11.8 Å². The van der Waals surface area contributed by atoms with Gasteiger partial charge in [-0.3, -0.25) is 14.5 Å². The number of carbonyl (C=O) groups excluding carboxylic acids is 3. The van der Waals surface area contributed by atoms with E-state index in [2.05, 4.69) is 5.32 Å². The van der Waals surface area contributed by atoms with Crippen molar-refractivity contribution >= 4 is 17.7 Å². The molecule has 0 unspecified atom stereocenters. The maximum Gasteiger partial charge on any atom is 0.390 e. The number of fused-ring (bicyclic) bond motifs is 1. The third kappa shape index (κ3) is 6.95. The van der Waals surface area contributed by atoms with E-state index in [9.17, 15) is 27.6 Å². The van der Waals surface area contributed by atoms with Crippen molar-refractivity contribution in [2.75, 3.05) is 47.3 Å². The fourth-order valence-corrected chi connectivity index (χ4v) is 4.25. The monoisotopic (exact) mass is 420 g/mol. The van der Waals surface area contributed by atoms with Crippen LogP contribution in [0.3, 0.4) is 0 Å². The molecule has 1 N–H and O–H groups in total. The molecule has 0 spiro atoms. The number of nitrogens with one attached hydrogen (secondary N) is 1. The third-order valence-corrected chi connectivity index (χ3v) is 5.73. The van der Waals surface area contributed by atoms with Crippen molar-refractivity contribution in [3.05, 3.63) is 0 Å². The molecule has 166 valence electrons. The van der Waals surface area contributed by atoms with Crippen LogP contribution in [0.5, 0.6) is 0 Å². The maximum atomic E-state index is 13.0. The van der Waals surface area contributed by atoms with E-state index in [1.165, 1.54) is 0 Å². The fourth-order valence-electron chi connectivity index (χ4n) is 4.25. The van der Waals surface area contributed by atoms with Crippen LogP contribution in [0.1, 0.15) is 32.1 Å². The maximum absolute atomic E-state index is 13.0. The second kappa shape index (κ2) is 9.88. The van der Waals surface area contributed by atoms with Crippen LogP contribution in [-0.4, -0.2) is 92.0 Å². The van der Waals surface area contributed by atoms with E-state index < -0.39 is 37.0 Å². The zero-order chi connectivity index (χ0) is 21.8. The summed E-state index contributed by atoms with van der Waals surface area (Å²) in [7, 11) is 5.47. The van der Waals surface area contributed by atoms with Gasteiger partial charge in [-0.15, -0.1) is 0 Å². The van der Waals surface area contributed by atoms with Gasteiger partial charge in [0.15, 0.2) is 0 Å². The standard InChI is InChI=1S/C19H31F3N4O3/c1-24(2)9-7-23-18(29)26(8-6-19(20,21)22)17(28)14-10-13-11-15(27)4-5-16(13)25(3)12-14/h13-14,16H,4-12H2,1-3H3,(H,23,29)/t13-,14-,16-/m1/s1. The molecule has 2 rings (SSSR count). The number of carbonyl (C=O) groups is 3. The Hall–Kier alpha value is -1.68. The molecule has 0 aromatic carbocycles. The summed E-state index contributed by atoms with van der Waals surface area (Å²) >= 11 is 0. The number of halogens is 3. The highest BCUT2D eigenvalue weighted by molar-refractivity contribution is 5.95. The lowest BCUT2D eigenvalue weighted by Crippen LogP contribution is -2.55.